The van der Waals surface area contributed by atoms with E-state index in [1.807, 2.05) is 0 Å². The van der Waals surface area contributed by atoms with Gasteiger partial charge in [-0.25, -0.2) is 0 Å². The van der Waals surface area contributed by atoms with Crippen LogP contribution in [-0.2, 0) is 0 Å². The van der Waals surface area contributed by atoms with E-state index in [1.165, 1.54) is 44.9 Å². The van der Waals surface area contributed by atoms with Crippen LogP contribution in [0.2, 0.25) is 0 Å². The van der Waals surface area contributed by atoms with Crippen molar-refractivity contribution < 1.29 is 0 Å². The highest BCUT2D eigenvalue weighted by atomic mass is 14.1. The maximum Gasteiger partial charge on any atom is -0.0322 e. The molecule has 0 heteroatoms. The molecule has 0 aromatic rings. The second-order valence-electron chi connectivity index (χ2n) is 3.56. The molecule has 1 rings (SSSR count). The van der Waals surface area contributed by atoms with Gasteiger partial charge >= 0.3 is 0 Å². The summed E-state index contributed by atoms with van der Waals surface area (Å²) in [5.41, 5.74) is 0. The lowest BCUT2D eigenvalue weighted by Crippen LogP contribution is -1.94. The molecule has 0 nitrogen and oxygen atoms in total. The van der Waals surface area contributed by atoms with Crippen LogP contribution in [0.15, 0.2) is 12.2 Å². The minimum Gasteiger partial charge on any atom is -0.0885 e. The molecule has 1 aliphatic carbocycles. The fourth-order valence-electron chi connectivity index (χ4n) is 1.57. The maximum atomic E-state index is 4.12. The lowest BCUT2D eigenvalue weighted by Gasteiger charge is -2.09. The van der Waals surface area contributed by atoms with E-state index in [0.717, 1.165) is 0 Å². The molecule has 63 valence electrons. The summed E-state index contributed by atoms with van der Waals surface area (Å²) in [6.07, 6.45) is 14.0. The van der Waals surface area contributed by atoms with Gasteiger partial charge in [-0.15, -0.1) is 0 Å². The lowest BCUT2D eigenvalue weighted by molar-refractivity contribution is 0.521. The minimum absolute atomic E-state index is 0.671. The molecule has 1 atom stereocenters. The lowest BCUT2D eigenvalue weighted by atomic mass is 9.97. The zero-order valence-corrected chi connectivity index (χ0v) is 7.39. The van der Waals surface area contributed by atoms with Gasteiger partial charge in [0.1, 0.15) is 0 Å². The van der Waals surface area contributed by atoms with E-state index < -0.39 is 0 Å². The van der Waals surface area contributed by atoms with E-state index in [2.05, 4.69) is 19.1 Å². The summed E-state index contributed by atoms with van der Waals surface area (Å²) in [5, 5.41) is 0. The Kier molecular flexibility index (Phi) is 4.33. The van der Waals surface area contributed by atoms with E-state index in [0.29, 0.717) is 5.92 Å². The summed E-state index contributed by atoms with van der Waals surface area (Å²) >= 11 is 0. The molecule has 0 spiro atoms. The predicted molar refractivity (Wildman–Crippen MR) is 50.3 cm³/mol. The highest BCUT2D eigenvalue weighted by molar-refractivity contribution is 4.85. The van der Waals surface area contributed by atoms with Crippen LogP contribution in [0.25, 0.3) is 0 Å². The molecule has 11 heavy (non-hydrogen) atoms. The summed E-state index contributed by atoms with van der Waals surface area (Å²) in [7, 11) is 0. The number of hydrogen-bond acceptors (Lipinski definition) is 0. The Morgan fingerprint density at radius 3 is 2.73 bits per heavy atom. The van der Waals surface area contributed by atoms with Crippen LogP contribution >= 0.6 is 0 Å². The van der Waals surface area contributed by atoms with Gasteiger partial charge in [0.15, 0.2) is 0 Å². The van der Waals surface area contributed by atoms with Crippen LogP contribution in [0.5, 0.6) is 0 Å². The summed E-state index contributed by atoms with van der Waals surface area (Å²) in [5.74, 6) is 0.671. The van der Waals surface area contributed by atoms with Crippen molar-refractivity contribution in [2.24, 2.45) is 5.92 Å². The maximum absolute atomic E-state index is 4.12. The van der Waals surface area contributed by atoms with Crippen molar-refractivity contribution in [2.75, 3.05) is 0 Å². The highest BCUT2D eigenvalue weighted by Gasteiger charge is 2.00. The molecule has 0 amide bonds. The molecule has 0 saturated carbocycles. The molecule has 0 fully saturated rings. The van der Waals surface area contributed by atoms with Crippen LogP contribution in [0.3, 0.4) is 0 Å². The summed E-state index contributed by atoms with van der Waals surface area (Å²) in [4.78, 5) is 0. The van der Waals surface area contributed by atoms with Crippen molar-refractivity contribution in [1.29, 1.82) is 0 Å². The Labute approximate surface area is 70.7 Å². The Morgan fingerprint density at radius 1 is 1.00 bits per heavy atom. The minimum atomic E-state index is 0.671. The van der Waals surface area contributed by atoms with Crippen molar-refractivity contribution in [1.82, 2.24) is 0 Å². The first kappa shape index (κ1) is 8.83. The van der Waals surface area contributed by atoms with Crippen molar-refractivity contribution in [3.05, 3.63) is 19.1 Å². The first-order valence-electron chi connectivity index (χ1n) is 4.87. The average molecular weight is 151 g/mol. The standard InChI is InChI=1S/C11H19/c1-11-9-7-5-3-2-4-6-8-10-11/h5,7,11H,1-4,6,8-10H2/b7-5-. The van der Waals surface area contributed by atoms with E-state index in [9.17, 15) is 0 Å². The Hall–Kier alpha value is -0.260. The first-order valence-corrected chi connectivity index (χ1v) is 4.87. The number of hydrogen-bond donors (Lipinski definition) is 0. The molecule has 0 saturated heterocycles. The second-order valence-corrected chi connectivity index (χ2v) is 3.56. The monoisotopic (exact) mass is 151 g/mol. The van der Waals surface area contributed by atoms with E-state index in [1.54, 1.807) is 0 Å². The Bertz CT molecular complexity index is 113. The van der Waals surface area contributed by atoms with Crippen LogP contribution < -0.4 is 0 Å². The molecular weight excluding hydrogens is 132 g/mol. The zero-order valence-electron chi connectivity index (χ0n) is 7.39. The predicted octanol–water partition coefficient (Wildman–Crippen LogP) is 3.74. The fourth-order valence-corrected chi connectivity index (χ4v) is 1.57. The van der Waals surface area contributed by atoms with Gasteiger partial charge in [-0.1, -0.05) is 37.8 Å². The van der Waals surface area contributed by atoms with Crippen molar-refractivity contribution >= 4 is 0 Å². The summed E-state index contributed by atoms with van der Waals surface area (Å²) in [6, 6.07) is 0. The molecular formula is C11H19. The van der Waals surface area contributed by atoms with Crippen LogP contribution in [0, 0.1) is 12.8 Å². The van der Waals surface area contributed by atoms with Gasteiger partial charge in [-0.2, -0.15) is 0 Å². The molecule has 0 N–H and O–H groups in total. The van der Waals surface area contributed by atoms with Gasteiger partial charge in [-0.3, -0.25) is 0 Å². The quantitative estimate of drug-likeness (QED) is 0.463. The molecule has 0 heterocycles. The van der Waals surface area contributed by atoms with Gasteiger partial charge in [0.25, 0.3) is 0 Å². The van der Waals surface area contributed by atoms with E-state index in [-0.39, 0.29) is 0 Å². The summed E-state index contributed by atoms with van der Waals surface area (Å²) in [6.45, 7) is 4.12. The van der Waals surface area contributed by atoms with Crippen LogP contribution in [0.1, 0.15) is 44.9 Å². The van der Waals surface area contributed by atoms with Crippen molar-refractivity contribution in [3.8, 4) is 0 Å². The molecule has 0 bridgehead atoms. The van der Waals surface area contributed by atoms with Crippen LogP contribution in [-0.4, -0.2) is 0 Å². The molecule has 1 aliphatic rings. The third-order valence-corrected chi connectivity index (χ3v) is 2.37. The Balaban J connectivity index is 2.25. The van der Waals surface area contributed by atoms with Gasteiger partial charge < -0.3 is 0 Å². The SMILES string of the molecule is [CH2]C1C/C=C\CCCCCC1. The van der Waals surface area contributed by atoms with Gasteiger partial charge in [-0.05, 0) is 32.1 Å². The van der Waals surface area contributed by atoms with Crippen molar-refractivity contribution in [2.45, 2.75) is 44.9 Å². The third-order valence-electron chi connectivity index (χ3n) is 2.37. The van der Waals surface area contributed by atoms with E-state index in [4.69, 9.17) is 0 Å². The molecule has 0 aliphatic heterocycles. The highest BCUT2D eigenvalue weighted by Crippen LogP contribution is 2.16. The number of allylic oxidation sites excluding steroid dienone is 2. The number of rotatable bonds is 0. The van der Waals surface area contributed by atoms with Crippen molar-refractivity contribution in [3.63, 3.8) is 0 Å². The largest absolute Gasteiger partial charge is 0.0885 e. The zero-order chi connectivity index (χ0) is 7.94. The Morgan fingerprint density at radius 2 is 1.82 bits per heavy atom. The summed E-state index contributed by atoms with van der Waals surface area (Å²) < 4.78 is 0. The van der Waals surface area contributed by atoms with Gasteiger partial charge in [0, 0.05) is 0 Å². The van der Waals surface area contributed by atoms with Gasteiger partial charge in [0.05, 0.1) is 0 Å². The fraction of sp³-hybridized carbons (Fsp3) is 0.727. The average Bonchev–Trinajstić information content (AvgIpc) is 2.03. The third kappa shape index (κ3) is 4.23. The molecule has 0 aromatic heterocycles. The second kappa shape index (κ2) is 5.40. The smallest absolute Gasteiger partial charge is 0.0322 e. The van der Waals surface area contributed by atoms with Gasteiger partial charge in [0.2, 0.25) is 0 Å². The molecule has 1 radical (unpaired) electrons. The van der Waals surface area contributed by atoms with E-state index >= 15 is 0 Å². The topological polar surface area (TPSA) is 0 Å². The molecule has 0 aromatic carbocycles. The first-order chi connectivity index (χ1) is 5.39. The molecule has 1 unspecified atom stereocenters. The van der Waals surface area contributed by atoms with Crippen LogP contribution in [0.4, 0.5) is 0 Å². The normalized spacial score (nSPS) is 31.2.